The molecule has 0 saturated carbocycles. The van der Waals surface area contributed by atoms with Crippen molar-refractivity contribution in [1.29, 1.82) is 0 Å². The molecule has 2 aliphatic heterocycles. The first-order valence-corrected chi connectivity index (χ1v) is 24.1. The molecule has 2 unspecified atom stereocenters. The Labute approximate surface area is 426 Å². The van der Waals surface area contributed by atoms with Crippen molar-refractivity contribution in [2.75, 3.05) is 77.5 Å². The van der Waals surface area contributed by atoms with Crippen molar-refractivity contribution in [3.8, 4) is 45.5 Å². The van der Waals surface area contributed by atoms with Gasteiger partial charge in [0.25, 0.3) is 0 Å². The Bertz CT molecular complexity index is 2770. The summed E-state index contributed by atoms with van der Waals surface area (Å²) < 4.78 is 44.7. The lowest BCUT2D eigenvalue weighted by Gasteiger charge is -2.26. The van der Waals surface area contributed by atoms with Crippen LogP contribution in [-0.2, 0) is 28.4 Å². The molecule has 392 valence electrons. The van der Waals surface area contributed by atoms with Crippen LogP contribution in [-0.4, -0.2) is 159 Å². The highest BCUT2D eigenvalue weighted by Crippen LogP contribution is 2.33. The molecule has 4 amide bonds. The third-order valence-corrected chi connectivity index (χ3v) is 11.9. The number of nitrogens with zero attached hydrogens (tertiary/aromatic N) is 8. The van der Waals surface area contributed by atoms with Crippen LogP contribution in [0, 0.1) is 0 Å². The summed E-state index contributed by atoms with van der Waals surface area (Å²) in [6.07, 6.45) is 3.43. The fourth-order valence-corrected chi connectivity index (χ4v) is 8.18. The number of fused-ring (bicyclic) bond motifs is 2. The monoisotopic (exact) mass is 1020 g/mol. The number of anilines is 2. The first-order valence-electron chi connectivity index (χ1n) is 24.1. The number of aromatic hydroxyl groups is 2. The van der Waals surface area contributed by atoms with Gasteiger partial charge < -0.3 is 57.9 Å². The van der Waals surface area contributed by atoms with Crippen molar-refractivity contribution in [3.05, 3.63) is 73.1 Å². The minimum Gasteiger partial charge on any atom is -0.504 e. The van der Waals surface area contributed by atoms with Crippen LogP contribution in [0.2, 0.25) is 0 Å². The zero-order valence-corrected chi connectivity index (χ0v) is 42.0. The summed E-state index contributed by atoms with van der Waals surface area (Å²) in [4.78, 5) is 70.7. The standard InChI is InChI=1S/C51H60N10O13/c1-50(2)71-29-33(73-50)27-60(47(64)58-43-17-13-35-45(56-43)54-37(25-52-35)31-11-15-39(62)41(23-31)67-5)19-7-9-21-69-49(66)70-22-10-8-20-61(28-34-30-72-51(3,4)74-34)48(65)59-44-18-14-36-46(57-44)55-38(26-53-36)32-12-16-40(63)42(24-32)68-6/h11-18,23-26,33-34,62-63H,7-10,19-22,27-30H2,1-6H3,(H,54,56,58,64)(H,55,57,59,65). The van der Waals surface area contributed by atoms with E-state index in [1.54, 1.807) is 70.7 Å². The summed E-state index contributed by atoms with van der Waals surface area (Å²) in [5.74, 6) is -0.518. The SMILES string of the molecule is COc1cc(-c2cnc3ccc(NC(=O)N(CCCCOC(=O)OCCCCN(CC4COC(C)(C)O4)C(=O)Nc4ccc5ncc(-c6ccc(O)c(OC)c6)nc5n4)CC4COC(C)(C)O4)nc3n2)ccc1O. The van der Waals surface area contributed by atoms with Crippen LogP contribution in [0.25, 0.3) is 44.8 Å². The Morgan fingerprint density at radius 1 is 0.622 bits per heavy atom. The fraction of sp³-hybridized carbons (Fsp3) is 0.431. The predicted molar refractivity (Wildman–Crippen MR) is 269 cm³/mol. The van der Waals surface area contributed by atoms with Gasteiger partial charge in [-0.1, -0.05) is 0 Å². The fourth-order valence-electron chi connectivity index (χ4n) is 8.18. The minimum atomic E-state index is -0.831. The van der Waals surface area contributed by atoms with Gasteiger partial charge in [-0.05, 0) is 114 Å². The van der Waals surface area contributed by atoms with Gasteiger partial charge in [-0.2, -0.15) is 0 Å². The van der Waals surface area contributed by atoms with Crippen molar-refractivity contribution < 1.29 is 62.5 Å². The van der Waals surface area contributed by atoms with E-state index in [1.165, 1.54) is 26.4 Å². The van der Waals surface area contributed by atoms with Crippen LogP contribution in [0.3, 0.4) is 0 Å². The number of phenols is 2. The first kappa shape index (κ1) is 52.6. The van der Waals surface area contributed by atoms with E-state index in [4.69, 9.17) is 37.9 Å². The summed E-state index contributed by atoms with van der Waals surface area (Å²) in [6, 6.07) is 15.5. The lowest BCUT2D eigenvalue weighted by atomic mass is 10.1. The van der Waals surface area contributed by atoms with Crippen molar-refractivity contribution >= 4 is 52.2 Å². The number of aromatic nitrogens is 6. The molecule has 2 aliphatic rings. The zero-order chi connectivity index (χ0) is 52.4. The van der Waals surface area contributed by atoms with Gasteiger partial charge in [-0.3, -0.25) is 20.6 Å². The Hall–Kier alpha value is -7.73. The number of amides is 4. The van der Waals surface area contributed by atoms with Crippen LogP contribution < -0.4 is 20.1 Å². The van der Waals surface area contributed by atoms with Crippen molar-refractivity contribution in [2.24, 2.45) is 0 Å². The van der Waals surface area contributed by atoms with Gasteiger partial charge in [0.1, 0.15) is 34.9 Å². The molecule has 0 radical (unpaired) electrons. The number of phenolic OH excluding ortho intramolecular Hbond substituents is 2. The number of carbonyl (C=O) groups is 3. The van der Waals surface area contributed by atoms with E-state index in [-0.39, 0.29) is 73.1 Å². The van der Waals surface area contributed by atoms with Crippen molar-refractivity contribution in [1.82, 2.24) is 39.7 Å². The van der Waals surface area contributed by atoms with Gasteiger partial charge in [0.15, 0.2) is 45.9 Å². The smallest absolute Gasteiger partial charge is 0.504 e. The molecule has 6 heterocycles. The molecule has 2 atom stereocenters. The summed E-state index contributed by atoms with van der Waals surface area (Å²) >= 11 is 0. The number of hydrogen-bond acceptors (Lipinski definition) is 19. The number of ether oxygens (including phenoxy) is 8. The van der Waals surface area contributed by atoms with Crippen LogP contribution >= 0.6 is 0 Å². The Kier molecular flexibility index (Phi) is 16.7. The van der Waals surface area contributed by atoms with E-state index in [1.807, 2.05) is 27.7 Å². The molecule has 23 heteroatoms. The highest BCUT2D eigenvalue weighted by Gasteiger charge is 2.36. The van der Waals surface area contributed by atoms with Crippen LogP contribution in [0.5, 0.6) is 23.0 Å². The molecule has 0 spiro atoms. The third-order valence-electron chi connectivity index (χ3n) is 11.9. The summed E-state index contributed by atoms with van der Waals surface area (Å²) in [5, 5.41) is 25.8. The van der Waals surface area contributed by atoms with Gasteiger partial charge in [-0.25, -0.2) is 34.3 Å². The Morgan fingerprint density at radius 3 is 1.45 bits per heavy atom. The number of benzene rings is 2. The number of pyridine rings is 2. The lowest BCUT2D eigenvalue weighted by Crippen LogP contribution is -2.42. The average molecular weight is 1020 g/mol. The molecule has 0 aliphatic carbocycles. The topological polar surface area (TPSA) is 273 Å². The highest BCUT2D eigenvalue weighted by atomic mass is 16.7. The second-order valence-corrected chi connectivity index (χ2v) is 18.4. The number of unbranched alkanes of at least 4 members (excludes halogenated alkanes) is 2. The first-order chi connectivity index (χ1) is 35.5. The second-order valence-electron chi connectivity index (χ2n) is 18.4. The number of rotatable bonds is 20. The van der Waals surface area contributed by atoms with Crippen LogP contribution in [0.15, 0.2) is 73.1 Å². The number of hydrogen-bond donors (Lipinski definition) is 4. The van der Waals surface area contributed by atoms with Gasteiger partial charge in [-0.15, -0.1) is 0 Å². The molecular formula is C51H60N10O13. The molecule has 2 aromatic carbocycles. The van der Waals surface area contributed by atoms with E-state index in [0.29, 0.717) is 96.8 Å². The summed E-state index contributed by atoms with van der Waals surface area (Å²) in [7, 11) is 2.91. The van der Waals surface area contributed by atoms with E-state index >= 15 is 0 Å². The molecule has 0 bridgehead atoms. The minimum absolute atomic E-state index is 0.00770. The van der Waals surface area contributed by atoms with Crippen molar-refractivity contribution in [2.45, 2.75) is 77.2 Å². The van der Waals surface area contributed by atoms with Crippen LogP contribution in [0.4, 0.5) is 26.0 Å². The van der Waals surface area contributed by atoms with E-state index in [9.17, 15) is 24.6 Å². The molecule has 8 rings (SSSR count). The second kappa shape index (κ2) is 23.4. The molecule has 74 heavy (non-hydrogen) atoms. The Morgan fingerprint density at radius 2 is 1.05 bits per heavy atom. The van der Waals surface area contributed by atoms with E-state index in [2.05, 4.69) is 40.5 Å². The number of nitrogens with one attached hydrogen (secondary N) is 2. The molecule has 2 fully saturated rings. The van der Waals surface area contributed by atoms with Gasteiger partial charge in [0.2, 0.25) is 0 Å². The Balaban J connectivity index is 0.803. The van der Waals surface area contributed by atoms with Gasteiger partial charge in [0, 0.05) is 24.2 Å². The normalized spacial score (nSPS) is 16.7. The maximum absolute atomic E-state index is 13.8. The molecule has 4 aromatic heterocycles. The maximum atomic E-state index is 13.8. The predicted octanol–water partition coefficient (Wildman–Crippen LogP) is 7.51. The number of urea groups is 2. The van der Waals surface area contributed by atoms with E-state index in [0.717, 1.165) is 0 Å². The molecule has 6 aromatic rings. The molecule has 23 nitrogen and oxygen atoms in total. The van der Waals surface area contributed by atoms with E-state index < -0.39 is 29.8 Å². The lowest BCUT2D eigenvalue weighted by molar-refractivity contribution is -0.140. The van der Waals surface area contributed by atoms with Crippen LogP contribution in [0.1, 0.15) is 53.4 Å². The highest BCUT2D eigenvalue weighted by molar-refractivity contribution is 5.90. The maximum Gasteiger partial charge on any atom is 0.508 e. The molecule has 2 saturated heterocycles. The number of carbonyl (C=O) groups excluding carboxylic acids is 3. The largest absolute Gasteiger partial charge is 0.508 e. The molecular weight excluding hydrogens is 961 g/mol. The zero-order valence-electron chi connectivity index (χ0n) is 42.0. The average Bonchev–Trinajstić information content (AvgIpc) is 3.92. The summed E-state index contributed by atoms with van der Waals surface area (Å²) in [6.45, 7) is 9.01. The number of methoxy groups -OCH3 is 2. The van der Waals surface area contributed by atoms with Gasteiger partial charge in [0.05, 0.1) is 77.5 Å². The van der Waals surface area contributed by atoms with Gasteiger partial charge >= 0.3 is 18.2 Å². The third kappa shape index (κ3) is 13.9. The summed E-state index contributed by atoms with van der Waals surface area (Å²) in [5.41, 5.74) is 3.94. The van der Waals surface area contributed by atoms with Crippen molar-refractivity contribution in [3.63, 3.8) is 0 Å². The molecule has 4 N–H and O–H groups in total. The quantitative estimate of drug-likeness (QED) is 0.0425.